The number of nitrogens with zero attached hydrogens (tertiary/aromatic N) is 5. The number of nitrogens with two attached hydrogens (primary N) is 1. The molecule has 0 aromatic carbocycles. The second kappa shape index (κ2) is 7.28. The Balaban J connectivity index is 1.73. The summed E-state index contributed by atoms with van der Waals surface area (Å²) in [6.07, 6.45) is 12.6. The van der Waals surface area contributed by atoms with Crippen molar-refractivity contribution in [3.8, 4) is 17.3 Å². The molecular formula is C22H22N6. The van der Waals surface area contributed by atoms with Gasteiger partial charge in [0.2, 0.25) is 0 Å². The zero-order valence-corrected chi connectivity index (χ0v) is 15.8. The number of aliphatic imine (C=N–C) groups is 1. The normalized spacial score (nSPS) is 15.8. The van der Waals surface area contributed by atoms with Crippen molar-refractivity contribution in [3.05, 3.63) is 60.3 Å². The Labute approximate surface area is 164 Å². The standard InChI is InChI=1S/C22H22N6/c1-2-22(6-7-22)15-25-14-17(12-23)19-4-3-18(13-24)27-21(19)16-5-9-28-10-8-26-20(28)11-16/h3-5,8-12,14H,2,6-7,15,23H2,1H3. The number of pyridine rings is 2. The van der Waals surface area contributed by atoms with E-state index in [0.29, 0.717) is 16.8 Å². The molecule has 0 unspecified atom stereocenters. The first-order valence-corrected chi connectivity index (χ1v) is 9.44. The molecule has 0 saturated heterocycles. The molecule has 140 valence electrons. The second-order valence-corrected chi connectivity index (χ2v) is 7.26. The van der Waals surface area contributed by atoms with E-state index in [1.165, 1.54) is 12.8 Å². The molecule has 1 saturated carbocycles. The third-order valence-corrected chi connectivity index (χ3v) is 5.54. The van der Waals surface area contributed by atoms with Crippen molar-refractivity contribution in [2.24, 2.45) is 16.1 Å². The molecule has 0 aliphatic heterocycles. The van der Waals surface area contributed by atoms with Gasteiger partial charge in [0.1, 0.15) is 17.4 Å². The fraction of sp³-hybridized carbons (Fsp3) is 0.273. The Bertz CT molecular complexity index is 1110. The quantitative estimate of drug-likeness (QED) is 0.668. The number of fused-ring (bicyclic) bond motifs is 1. The van der Waals surface area contributed by atoms with Crippen LogP contribution in [0.15, 0.2) is 54.0 Å². The second-order valence-electron chi connectivity index (χ2n) is 7.26. The number of allylic oxidation sites excluding steroid dienone is 1. The SMILES string of the molecule is CCC1(CN=CC(=CN)c2ccc(C#N)nc2-c2ccn3ccnc3c2)CC1. The number of hydrogen-bond donors (Lipinski definition) is 1. The van der Waals surface area contributed by atoms with Crippen molar-refractivity contribution in [2.75, 3.05) is 6.54 Å². The molecule has 1 fully saturated rings. The van der Waals surface area contributed by atoms with Gasteiger partial charge in [-0.3, -0.25) is 4.99 Å². The van der Waals surface area contributed by atoms with Gasteiger partial charge in [-0.05, 0) is 48.9 Å². The largest absolute Gasteiger partial charge is 0.404 e. The molecule has 1 aliphatic carbocycles. The van der Waals surface area contributed by atoms with Crippen LogP contribution < -0.4 is 5.73 Å². The van der Waals surface area contributed by atoms with Crippen molar-refractivity contribution in [2.45, 2.75) is 26.2 Å². The average Bonchev–Trinajstić information content (AvgIpc) is 3.37. The van der Waals surface area contributed by atoms with Crippen LogP contribution in [0.25, 0.3) is 22.5 Å². The van der Waals surface area contributed by atoms with Crippen LogP contribution in [0.2, 0.25) is 0 Å². The minimum Gasteiger partial charge on any atom is -0.404 e. The first-order chi connectivity index (χ1) is 13.7. The smallest absolute Gasteiger partial charge is 0.141 e. The highest BCUT2D eigenvalue weighted by Crippen LogP contribution is 2.48. The predicted octanol–water partition coefficient (Wildman–Crippen LogP) is 3.83. The van der Waals surface area contributed by atoms with Crippen molar-refractivity contribution in [1.29, 1.82) is 5.26 Å². The van der Waals surface area contributed by atoms with Gasteiger partial charge in [0.15, 0.2) is 0 Å². The maximum atomic E-state index is 9.30. The van der Waals surface area contributed by atoms with Gasteiger partial charge < -0.3 is 10.1 Å². The predicted molar refractivity (Wildman–Crippen MR) is 111 cm³/mol. The van der Waals surface area contributed by atoms with Crippen LogP contribution in [0, 0.1) is 16.7 Å². The molecule has 0 atom stereocenters. The Kier molecular flexibility index (Phi) is 4.66. The summed E-state index contributed by atoms with van der Waals surface area (Å²) in [7, 11) is 0. The van der Waals surface area contributed by atoms with Crippen LogP contribution >= 0.6 is 0 Å². The highest BCUT2D eigenvalue weighted by atomic mass is 15.0. The molecule has 6 heteroatoms. The van der Waals surface area contributed by atoms with Crippen LogP contribution in [0.3, 0.4) is 0 Å². The summed E-state index contributed by atoms with van der Waals surface area (Å²) in [6.45, 7) is 3.04. The van der Waals surface area contributed by atoms with Crippen molar-refractivity contribution < 1.29 is 0 Å². The van der Waals surface area contributed by atoms with Gasteiger partial charge in [-0.25, -0.2) is 9.97 Å². The van der Waals surface area contributed by atoms with E-state index in [1.54, 1.807) is 18.5 Å². The minimum atomic E-state index is 0.359. The lowest BCUT2D eigenvalue weighted by Gasteiger charge is -2.11. The molecule has 3 aromatic rings. The summed E-state index contributed by atoms with van der Waals surface area (Å²) in [5.74, 6) is 0. The van der Waals surface area contributed by atoms with Crippen molar-refractivity contribution in [3.63, 3.8) is 0 Å². The number of aromatic nitrogens is 3. The highest BCUT2D eigenvalue weighted by Gasteiger charge is 2.40. The van der Waals surface area contributed by atoms with E-state index in [9.17, 15) is 5.26 Å². The number of hydrogen-bond acceptors (Lipinski definition) is 5. The monoisotopic (exact) mass is 370 g/mol. The third-order valence-electron chi connectivity index (χ3n) is 5.54. The molecule has 4 rings (SSSR count). The molecule has 0 radical (unpaired) electrons. The van der Waals surface area contributed by atoms with E-state index in [-0.39, 0.29) is 0 Å². The number of rotatable bonds is 6. The van der Waals surface area contributed by atoms with Gasteiger partial charge in [-0.15, -0.1) is 0 Å². The Morgan fingerprint density at radius 3 is 2.93 bits per heavy atom. The molecule has 0 bridgehead atoms. The summed E-state index contributed by atoms with van der Waals surface area (Å²) in [5.41, 5.74) is 10.7. The molecule has 0 amide bonds. The van der Waals surface area contributed by atoms with Gasteiger partial charge in [0, 0.05) is 54.2 Å². The summed E-state index contributed by atoms with van der Waals surface area (Å²) >= 11 is 0. The molecular weight excluding hydrogens is 348 g/mol. The first kappa shape index (κ1) is 17.9. The summed E-state index contributed by atoms with van der Waals surface area (Å²) in [5, 5.41) is 9.30. The maximum absolute atomic E-state index is 9.30. The van der Waals surface area contributed by atoms with Gasteiger partial charge in [-0.1, -0.05) is 6.92 Å². The van der Waals surface area contributed by atoms with Crippen molar-refractivity contribution >= 4 is 17.4 Å². The zero-order valence-electron chi connectivity index (χ0n) is 15.8. The molecule has 2 N–H and O–H groups in total. The van der Waals surface area contributed by atoms with Crippen molar-refractivity contribution in [1.82, 2.24) is 14.4 Å². The van der Waals surface area contributed by atoms with Gasteiger partial charge in [-0.2, -0.15) is 5.26 Å². The zero-order chi connectivity index (χ0) is 19.6. The summed E-state index contributed by atoms with van der Waals surface area (Å²) in [4.78, 5) is 13.6. The molecule has 3 aromatic heterocycles. The van der Waals surface area contributed by atoms with Crippen LogP contribution in [-0.4, -0.2) is 27.1 Å². The first-order valence-electron chi connectivity index (χ1n) is 9.44. The lowest BCUT2D eigenvalue weighted by Crippen LogP contribution is -2.04. The molecule has 28 heavy (non-hydrogen) atoms. The molecule has 3 heterocycles. The van der Waals surface area contributed by atoms with Gasteiger partial charge in [0.25, 0.3) is 0 Å². The molecule has 0 spiro atoms. The summed E-state index contributed by atoms with van der Waals surface area (Å²) < 4.78 is 1.93. The van der Waals surface area contributed by atoms with E-state index < -0.39 is 0 Å². The average molecular weight is 370 g/mol. The lowest BCUT2D eigenvalue weighted by atomic mass is 10.00. The van der Waals surface area contributed by atoms with Gasteiger partial charge in [0.05, 0.1) is 5.69 Å². The van der Waals surface area contributed by atoms with Crippen LogP contribution in [-0.2, 0) is 0 Å². The van der Waals surface area contributed by atoms with Gasteiger partial charge >= 0.3 is 0 Å². The van der Waals surface area contributed by atoms with Crippen LogP contribution in [0.1, 0.15) is 37.4 Å². The maximum Gasteiger partial charge on any atom is 0.141 e. The number of imidazole rings is 1. The fourth-order valence-electron chi connectivity index (χ4n) is 3.37. The van der Waals surface area contributed by atoms with E-state index >= 15 is 0 Å². The third kappa shape index (κ3) is 3.39. The van der Waals surface area contributed by atoms with E-state index in [1.807, 2.05) is 41.2 Å². The highest BCUT2D eigenvalue weighted by molar-refractivity contribution is 6.11. The minimum absolute atomic E-state index is 0.359. The van der Waals surface area contributed by atoms with E-state index in [2.05, 4.69) is 28.0 Å². The fourth-order valence-corrected chi connectivity index (χ4v) is 3.37. The Hall–Kier alpha value is -3.46. The Morgan fingerprint density at radius 1 is 1.36 bits per heavy atom. The van der Waals surface area contributed by atoms with E-state index in [0.717, 1.165) is 35.3 Å². The summed E-state index contributed by atoms with van der Waals surface area (Å²) in [6, 6.07) is 9.62. The van der Waals surface area contributed by atoms with Crippen LogP contribution in [0.4, 0.5) is 0 Å². The Morgan fingerprint density at radius 2 is 2.21 bits per heavy atom. The molecule has 1 aliphatic rings. The number of nitriles is 1. The van der Waals surface area contributed by atoms with Crippen LogP contribution in [0.5, 0.6) is 0 Å². The lowest BCUT2D eigenvalue weighted by molar-refractivity contribution is 0.507. The molecule has 6 nitrogen and oxygen atoms in total. The topological polar surface area (TPSA) is 92.4 Å². The van der Waals surface area contributed by atoms with E-state index in [4.69, 9.17) is 5.73 Å².